The minimum atomic E-state index is 0.644. The Morgan fingerprint density at radius 3 is 1.67 bits per heavy atom. The largest absolute Gasteiger partial charge is 0.0587 e. The van der Waals surface area contributed by atoms with E-state index in [1.165, 1.54) is 22.3 Å². The SMILES string of the molecule is Cc1cc(C)c(C(C)C)c(C)c1. The molecule has 0 amide bonds. The van der Waals surface area contributed by atoms with Crippen molar-refractivity contribution >= 4 is 0 Å². The Balaban J connectivity index is 3.28. The highest BCUT2D eigenvalue weighted by molar-refractivity contribution is 5.39. The molecular formula is C12H18. The Labute approximate surface area is 75.6 Å². The van der Waals surface area contributed by atoms with E-state index in [-0.39, 0.29) is 0 Å². The molecular weight excluding hydrogens is 144 g/mol. The summed E-state index contributed by atoms with van der Waals surface area (Å²) in [5.74, 6) is 0.644. The van der Waals surface area contributed by atoms with Gasteiger partial charge in [0.1, 0.15) is 0 Å². The van der Waals surface area contributed by atoms with Crippen LogP contribution in [-0.2, 0) is 0 Å². The van der Waals surface area contributed by atoms with Gasteiger partial charge >= 0.3 is 0 Å². The summed E-state index contributed by atoms with van der Waals surface area (Å²) in [5.41, 5.74) is 5.75. The van der Waals surface area contributed by atoms with Crippen molar-refractivity contribution in [1.82, 2.24) is 0 Å². The Morgan fingerprint density at radius 2 is 1.33 bits per heavy atom. The molecule has 0 spiro atoms. The van der Waals surface area contributed by atoms with Gasteiger partial charge in [-0.1, -0.05) is 31.5 Å². The highest BCUT2D eigenvalue weighted by Gasteiger charge is 2.06. The van der Waals surface area contributed by atoms with Crippen LogP contribution < -0.4 is 0 Å². The molecule has 1 rings (SSSR count). The van der Waals surface area contributed by atoms with Crippen molar-refractivity contribution in [1.29, 1.82) is 0 Å². The molecule has 0 radical (unpaired) electrons. The second kappa shape index (κ2) is 3.30. The van der Waals surface area contributed by atoms with Gasteiger partial charge in [-0.3, -0.25) is 0 Å². The minimum Gasteiger partial charge on any atom is -0.0587 e. The van der Waals surface area contributed by atoms with Crippen molar-refractivity contribution in [2.45, 2.75) is 40.5 Å². The zero-order valence-corrected chi connectivity index (χ0v) is 8.73. The molecule has 0 bridgehead atoms. The normalized spacial score (nSPS) is 10.8. The van der Waals surface area contributed by atoms with E-state index >= 15 is 0 Å². The van der Waals surface area contributed by atoms with Crippen LogP contribution in [0.25, 0.3) is 0 Å². The van der Waals surface area contributed by atoms with Gasteiger partial charge in [-0.25, -0.2) is 0 Å². The van der Waals surface area contributed by atoms with E-state index in [1.807, 2.05) is 0 Å². The van der Waals surface area contributed by atoms with Crippen LogP contribution in [0.5, 0.6) is 0 Å². The predicted molar refractivity (Wildman–Crippen MR) is 54.7 cm³/mol. The van der Waals surface area contributed by atoms with Crippen LogP contribution in [0.15, 0.2) is 12.1 Å². The summed E-state index contributed by atoms with van der Waals surface area (Å²) in [4.78, 5) is 0. The maximum atomic E-state index is 2.27. The standard InChI is InChI=1S/C12H18/c1-8(2)12-10(4)6-9(3)7-11(12)5/h6-8H,1-5H3. The fraction of sp³-hybridized carbons (Fsp3) is 0.500. The first kappa shape index (κ1) is 9.31. The van der Waals surface area contributed by atoms with E-state index in [4.69, 9.17) is 0 Å². The number of hydrogen-bond donors (Lipinski definition) is 0. The Hall–Kier alpha value is -0.780. The first-order valence-corrected chi connectivity index (χ1v) is 4.60. The van der Waals surface area contributed by atoms with E-state index in [2.05, 4.69) is 46.8 Å². The van der Waals surface area contributed by atoms with Crippen molar-refractivity contribution in [2.75, 3.05) is 0 Å². The molecule has 0 nitrogen and oxygen atoms in total. The highest BCUT2D eigenvalue weighted by Crippen LogP contribution is 2.23. The molecule has 12 heavy (non-hydrogen) atoms. The van der Waals surface area contributed by atoms with Crippen LogP contribution in [0.3, 0.4) is 0 Å². The van der Waals surface area contributed by atoms with E-state index in [9.17, 15) is 0 Å². The van der Waals surface area contributed by atoms with E-state index in [1.54, 1.807) is 0 Å². The van der Waals surface area contributed by atoms with Crippen LogP contribution in [0.1, 0.15) is 42.0 Å². The van der Waals surface area contributed by atoms with Gasteiger partial charge < -0.3 is 0 Å². The number of benzene rings is 1. The quantitative estimate of drug-likeness (QED) is 0.590. The van der Waals surface area contributed by atoms with Gasteiger partial charge in [0.25, 0.3) is 0 Å². The smallest absolute Gasteiger partial charge is 0.0214 e. The van der Waals surface area contributed by atoms with Crippen LogP contribution >= 0.6 is 0 Å². The number of aryl methyl sites for hydroxylation is 3. The molecule has 0 saturated carbocycles. The van der Waals surface area contributed by atoms with Crippen molar-refractivity contribution in [3.63, 3.8) is 0 Å². The molecule has 0 aliphatic carbocycles. The molecule has 0 N–H and O–H groups in total. The molecule has 0 saturated heterocycles. The van der Waals surface area contributed by atoms with Gasteiger partial charge in [0, 0.05) is 0 Å². The maximum absolute atomic E-state index is 2.27. The van der Waals surface area contributed by atoms with E-state index in [0.717, 1.165) is 0 Å². The first-order valence-electron chi connectivity index (χ1n) is 4.60. The highest BCUT2D eigenvalue weighted by atomic mass is 14.1. The van der Waals surface area contributed by atoms with Crippen molar-refractivity contribution in [2.24, 2.45) is 0 Å². The topological polar surface area (TPSA) is 0 Å². The summed E-state index contributed by atoms with van der Waals surface area (Å²) in [7, 11) is 0. The Kier molecular flexibility index (Phi) is 2.56. The summed E-state index contributed by atoms with van der Waals surface area (Å²) < 4.78 is 0. The maximum Gasteiger partial charge on any atom is -0.0214 e. The van der Waals surface area contributed by atoms with Gasteiger partial charge in [0.05, 0.1) is 0 Å². The lowest BCUT2D eigenvalue weighted by Crippen LogP contribution is -1.96. The van der Waals surface area contributed by atoms with E-state index < -0.39 is 0 Å². The van der Waals surface area contributed by atoms with Crippen LogP contribution in [0.2, 0.25) is 0 Å². The monoisotopic (exact) mass is 162 g/mol. The molecule has 0 aromatic heterocycles. The Morgan fingerprint density at radius 1 is 0.917 bits per heavy atom. The average molecular weight is 162 g/mol. The molecule has 1 aromatic carbocycles. The zero-order chi connectivity index (χ0) is 9.30. The van der Waals surface area contributed by atoms with Crippen LogP contribution in [0.4, 0.5) is 0 Å². The summed E-state index contributed by atoms with van der Waals surface area (Å²) in [5, 5.41) is 0. The fourth-order valence-electron chi connectivity index (χ4n) is 2.10. The van der Waals surface area contributed by atoms with Gasteiger partial charge in [-0.15, -0.1) is 0 Å². The van der Waals surface area contributed by atoms with Crippen LogP contribution in [0, 0.1) is 20.8 Å². The molecule has 0 unspecified atom stereocenters. The zero-order valence-electron chi connectivity index (χ0n) is 8.73. The Bertz CT molecular complexity index is 259. The molecule has 0 aliphatic rings. The summed E-state index contributed by atoms with van der Waals surface area (Å²) in [6.45, 7) is 11.1. The third kappa shape index (κ3) is 1.69. The average Bonchev–Trinajstić information content (AvgIpc) is 1.82. The van der Waals surface area contributed by atoms with E-state index in [0.29, 0.717) is 5.92 Å². The number of rotatable bonds is 1. The lowest BCUT2D eigenvalue weighted by atomic mass is 9.92. The molecule has 0 atom stereocenters. The summed E-state index contributed by atoms with van der Waals surface area (Å²) in [6.07, 6.45) is 0. The molecule has 1 aromatic rings. The van der Waals surface area contributed by atoms with Crippen molar-refractivity contribution in [3.8, 4) is 0 Å². The van der Waals surface area contributed by atoms with Gasteiger partial charge in [-0.05, 0) is 43.4 Å². The van der Waals surface area contributed by atoms with Crippen molar-refractivity contribution in [3.05, 3.63) is 34.4 Å². The third-order valence-electron chi connectivity index (χ3n) is 2.32. The molecule has 0 fully saturated rings. The van der Waals surface area contributed by atoms with Gasteiger partial charge in [0.15, 0.2) is 0 Å². The van der Waals surface area contributed by atoms with Gasteiger partial charge in [-0.2, -0.15) is 0 Å². The summed E-state index contributed by atoms with van der Waals surface area (Å²) in [6, 6.07) is 4.53. The molecule has 0 heteroatoms. The van der Waals surface area contributed by atoms with Crippen LogP contribution in [-0.4, -0.2) is 0 Å². The number of hydrogen-bond acceptors (Lipinski definition) is 0. The first-order chi connectivity index (χ1) is 5.52. The van der Waals surface area contributed by atoms with Crippen molar-refractivity contribution < 1.29 is 0 Å². The molecule has 0 heterocycles. The third-order valence-corrected chi connectivity index (χ3v) is 2.32. The molecule has 0 aliphatic heterocycles. The lowest BCUT2D eigenvalue weighted by Gasteiger charge is -2.14. The predicted octanol–water partition coefficient (Wildman–Crippen LogP) is 3.74. The summed E-state index contributed by atoms with van der Waals surface area (Å²) >= 11 is 0. The minimum absolute atomic E-state index is 0.644. The fourth-order valence-corrected chi connectivity index (χ4v) is 2.10. The lowest BCUT2D eigenvalue weighted by molar-refractivity contribution is 0.845. The second-order valence-corrected chi connectivity index (χ2v) is 3.97. The van der Waals surface area contributed by atoms with Gasteiger partial charge in [0.2, 0.25) is 0 Å². The molecule has 66 valence electrons. The second-order valence-electron chi connectivity index (χ2n) is 3.97.